The molecule has 1 unspecified atom stereocenters. The van der Waals surface area contributed by atoms with E-state index < -0.39 is 70.4 Å². The molecule has 1 aromatic carbocycles. The third kappa shape index (κ3) is 4.19. The first-order chi connectivity index (χ1) is 13.7. The number of phenolic OH excluding ortho intramolecular Hbond substituents is 2. The quantitative estimate of drug-likeness (QED) is 0.316. The SMILES string of the molecule is CC(C)=CCC(OC(=O)C(F)(F)C(F)(F)F)C1=CC(=O)c2c(O)ccc(O)c2C1=O. The van der Waals surface area contributed by atoms with Crippen LogP contribution in [0.5, 0.6) is 11.5 Å². The molecule has 0 spiro atoms. The van der Waals surface area contributed by atoms with Gasteiger partial charge in [-0.1, -0.05) is 11.6 Å². The van der Waals surface area contributed by atoms with Crippen LogP contribution < -0.4 is 0 Å². The number of halogens is 5. The minimum Gasteiger partial charge on any atom is -0.507 e. The normalized spacial score (nSPS) is 15.2. The van der Waals surface area contributed by atoms with Crippen LogP contribution >= 0.6 is 0 Å². The maximum Gasteiger partial charge on any atom is 0.465 e. The van der Waals surface area contributed by atoms with Crippen LogP contribution in [0.2, 0.25) is 0 Å². The molecular weight excluding hydrogens is 419 g/mol. The number of carbonyl (C=O) groups is 3. The first kappa shape index (κ1) is 23.0. The van der Waals surface area contributed by atoms with Gasteiger partial charge in [-0.15, -0.1) is 0 Å². The molecule has 0 fully saturated rings. The topological polar surface area (TPSA) is 101 Å². The number of hydrogen-bond donors (Lipinski definition) is 2. The highest BCUT2D eigenvalue weighted by Crippen LogP contribution is 2.39. The molecule has 0 amide bonds. The molecule has 0 bridgehead atoms. The van der Waals surface area contributed by atoms with Crippen molar-refractivity contribution in [2.45, 2.75) is 38.5 Å². The van der Waals surface area contributed by atoms with Gasteiger partial charge in [-0.25, -0.2) is 4.79 Å². The number of ketones is 2. The van der Waals surface area contributed by atoms with Gasteiger partial charge in [0.05, 0.1) is 11.1 Å². The smallest absolute Gasteiger partial charge is 0.465 e. The number of rotatable bonds is 5. The highest BCUT2D eigenvalue weighted by Gasteiger charge is 2.65. The Kier molecular flexibility index (Phi) is 6.05. The number of phenols is 2. The number of allylic oxidation sites excluding steroid dienone is 2. The molecule has 0 heterocycles. The lowest BCUT2D eigenvalue weighted by molar-refractivity contribution is -0.281. The summed E-state index contributed by atoms with van der Waals surface area (Å²) in [6.45, 7) is 3.09. The van der Waals surface area contributed by atoms with Crippen molar-refractivity contribution < 1.29 is 51.3 Å². The average Bonchev–Trinajstić information content (AvgIpc) is 2.62. The summed E-state index contributed by atoms with van der Waals surface area (Å²) >= 11 is 0. The number of carbonyl (C=O) groups excluding carboxylic acids is 3. The van der Waals surface area contributed by atoms with E-state index in [1.54, 1.807) is 13.8 Å². The van der Waals surface area contributed by atoms with Crippen LogP contribution in [-0.4, -0.2) is 46.0 Å². The fraction of sp³-hybridized carbons (Fsp3) is 0.316. The largest absolute Gasteiger partial charge is 0.507 e. The van der Waals surface area contributed by atoms with Crippen molar-refractivity contribution >= 4 is 17.5 Å². The van der Waals surface area contributed by atoms with Crippen LogP contribution in [-0.2, 0) is 9.53 Å². The molecule has 30 heavy (non-hydrogen) atoms. The summed E-state index contributed by atoms with van der Waals surface area (Å²) < 4.78 is 68.3. The summed E-state index contributed by atoms with van der Waals surface area (Å²) in [6, 6.07) is 1.82. The van der Waals surface area contributed by atoms with E-state index >= 15 is 0 Å². The van der Waals surface area contributed by atoms with Crippen LogP contribution in [0.1, 0.15) is 41.0 Å². The molecule has 0 saturated carbocycles. The van der Waals surface area contributed by atoms with Gasteiger partial charge >= 0.3 is 18.1 Å². The van der Waals surface area contributed by atoms with E-state index in [-0.39, 0.29) is 0 Å². The lowest BCUT2D eigenvalue weighted by Crippen LogP contribution is -2.47. The maximum atomic E-state index is 13.3. The van der Waals surface area contributed by atoms with Gasteiger partial charge in [0.1, 0.15) is 17.6 Å². The molecule has 162 valence electrons. The average molecular weight is 434 g/mol. The Hall–Kier alpha value is -3.24. The Morgan fingerprint density at radius 2 is 1.60 bits per heavy atom. The van der Waals surface area contributed by atoms with Gasteiger partial charge in [0, 0.05) is 12.0 Å². The van der Waals surface area contributed by atoms with Gasteiger partial charge in [-0.3, -0.25) is 9.59 Å². The molecule has 1 aliphatic carbocycles. The Balaban J connectivity index is 2.52. The molecular formula is C19H15F5O6. The molecule has 11 heteroatoms. The zero-order valence-electron chi connectivity index (χ0n) is 15.5. The van der Waals surface area contributed by atoms with Gasteiger partial charge in [-0.05, 0) is 32.1 Å². The van der Waals surface area contributed by atoms with Crippen LogP contribution in [0.15, 0.2) is 35.4 Å². The lowest BCUT2D eigenvalue weighted by atomic mass is 9.85. The number of Topliss-reactive ketones (excluding diaryl/α,β-unsaturated/α-hetero) is 1. The molecule has 1 aromatic rings. The molecule has 2 N–H and O–H groups in total. The number of fused-ring (bicyclic) bond motifs is 1. The molecule has 6 nitrogen and oxygen atoms in total. The predicted octanol–water partition coefficient (Wildman–Crippen LogP) is 3.87. The Morgan fingerprint density at radius 1 is 1.07 bits per heavy atom. The highest BCUT2D eigenvalue weighted by atomic mass is 19.4. The fourth-order valence-electron chi connectivity index (χ4n) is 2.62. The number of ether oxygens (including phenoxy) is 1. The van der Waals surface area contributed by atoms with Crippen LogP contribution in [0.3, 0.4) is 0 Å². The number of esters is 1. The number of aromatic hydroxyl groups is 2. The maximum absolute atomic E-state index is 13.3. The van der Waals surface area contributed by atoms with Crippen molar-refractivity contribution in [1.82, 2.24) is 0 Å². The second-order valence-corrected chi connectivity index (χ2v) is 6.63. The van der Waals surface area contributed by atoms with Gasteiger partial charge in [0.2, 0.25) is 0 Å². The van der Waals surface area contributed by atoms with Gasteiger partial charge in [0.25, 0.3) is 0 Å². The van der Waals surface area contributed by atoms with E-state index in [0.717, 1.165) is 12.1 Å². The second-order valence-electron chi connectivity index (χ2n) is 6.63. The molecule has 0 radical (unpaired) electrons. The Labute approximate surface area is 166 Å². The van der Waals surface area contributed by atoms with E-state index in [1.165, 1.54) is 6.08 Å². The number of alkyl halides is 5. The Bertz CT molecular complexity index is 970. The van der Waals surface area contributed by atoms with Crippen molar-refractivity contribution in [3.05, 3.63) is 46.6 Å². The third-order valence-corrected chi connectivity index (χ3v) is 4.13. The van der Waals surface area contributed by atoms with Gasteiger partial charge in [0.15, 0.2) is 11.6 Å². The second kappa shape index (κ2) is 7.88. The van der Waals surface area contributed by atoms with Crippen LogP contribution in [0.4, 0.5) is 22.0 Å². The first-order valence-corrected chi connectivity index (χ1v) is 8.33. The number of hydrogen-bond acceptors (Lipinski definition) is 6. The summed E-state index contributed by atoms with van der Waals surface area (Å²) in [5.74, 6) is -12.4. The molecule has 1 aliphatic rings. The molecule has 2 rings (SSSR count). The number of benzene rings is 1. The van der Waals surface area contributed by atoms with E-state index in [1.807, 2.05) is 0 Å². The van der Waals surface area contributed by atoms with Gasteiger partial charge < -0.3 is 14.9 Å². The van der Waals surface area contributed by atoms with Crippen molar-refractivity contribution in [1.29, 1.82) is 0 Å². The Morgan fingerprint density at radius 3 is 2.10 bits per heavy atom. The predicted molar refractivity (Wildman–Crippen MR) is 91.4 cm³/mol. The minimum atomic E-state index is -6.23. The zero-order valence-corrected chi connectivity index (χ0v) is 15.5. The summed E-state index contributed by atoms with van der Waals surface area (Å²) in [7, 11) is 0. The molecule has 0 saturated heterocycles. The van der Waals surface area contributed by atoms with E-state index in [2.05, 4.69) is 4.74 Å². The summed E-state index contributed by atoms with van der Waals surface area (Å²) in [5, 5.41) is 19.7. The standard InChI is InChI=1S/C19H15F5O6/c1-8(2)3-6-13(30-17(29)18(20,21)19(22,23)24)9-7-12(27)14-10(25)4-5-11(26)15(14)16(9)28/h3-5,7,13,25-26H,6H2,1-2H3. The van der Waals surface area contributed by atoms with Crippen molar-refractivity contribution in [3.8, 4) is 11.5 Å². The van der Waals surface area contributed by atoms with E-state index in [0.29, 0.717) is 11.6 Å². The monoisotopic (exact) mass is 434 g/mol. The van der Waals surface area contributed by atoms with Crippen LogP contribution in [0, 0.1) is 0 Å². The van der Waals surface area contributed by atoms with Crippen LogP contribution in [0.25, 0.3) is 0 Å². The summed E-state index contributed by atoms with van der Waals surface area (Å²) in [5.41, 5.74) is -1.43. The first-order valence-electron chi connectivity index (χ1n) is 8.33. The van der Waals surface area contributed by atoms with Crippen molar-refractivity contribution in [3.63, 3.8) is 0 Å². The zero-order chi connectivity index (χ0) is 23.0. The van der Waals surface area contributed by atoms with Crippen molar-refractivity contribution in [2.75, 3.05) is 0 Å². The minimum absolute atomic E-state index is 0.498. The van der Waals surface area contributed by atoms with E-state index in [9.17, 15) is 46.5 Å². The highest BCUT2D eigenvalue weighted by molar-refractivity contribution is 6.27. The van der Waals surface area contributed by atoms with E-state index in [4.69, 9.17) is 0 Å². The lowest BCUT2D eigenvalue weighted by Gasteiger charge is -2.25. The fourth-order valence-corrected chi connectivity index (χ4v) is 2.62. The summed E-state index contributed by atoms with van der Waals surface area (Å²) in [4.78, 5) is 36.6. The van der Waals surface area contributed by atoms with Gasteiger partial charge in [-0.2, -0.15) is 22.0 Å². The third-order valence-electron chi connectivity index (χ3n) is 4.13. The molecule has 0 aliphatic heterocycles. The summed E-state index contributed by atoms with van der Waals surface area (Å²) in [6.07, 6.45) is -6.86. The van der Waals surface area contributed by atoms with Crippen molar-refractivity contribution in [2.24, 2.45) is 0 Å². The molecule has 0 aromatic heterocycles. The molecule has 1 atom stereocenters.